The van der Waals surface area contributed by atoms with Gasteiger partial charge in [-0.2, -0.15) is 0 Å². The lowest BCUT2D eigenvalue weighted by Crippen LogP contribution is -2.28. The van der Waals surface area contributed by atoms with Crippen molar-refractivity contribution in [3.8, 4) is 0 Å². The van der Waals surface area contributed by atoms with Gasteiger partial charge >= 0.3 is 0 Å². The SMILES string of the molecule is C=C(C)CCOC(C)CNCCCOCC. The Morgan fingerprint density at radius 1 is 1.38 bits per heavy atom. The van der Waals surface area contributed by atoms with Gasteiger partial charge in [-0.15, -0.1) is 6.58 Å². The number of ether oxygens (including phenoxy) is 2. The fraction of sp³-hybridized carbons (Fsp3) is 0.846. The van der Waals surface area contributed by atoms with E-state index in [1.807, 2.05) is 13.8 Å². The molecule has 0 saturated carbocycles. The highest BCUT2D eigenvalue weighted by Crippen LogP contribution is 1.98. The van der Waals surface area contributed by atoms with Gasteiger partial charge in [0.1, 0.15) is 0 Å². The lowest BCUT2D eigenvalue weighted by molar-refractivity contribution is 0.0675. The van der Waals surface area contributed by atoms with Crippen LogP contribution in [0.3, 0.4) is 0 Å². The lowest BCUT2D eigenvalue weighted by atomic mass is 10.2. The largest absolute Gasteiger partial charge is 0.382 e. The second kappa shape index (κ2) is 11.1. The predicted octanol–water partition coefficient (Wildman–Crippen LogP) is 2.37. The van der Waals surface area contributed by atoms with Crippen molar-refractivity contribution in [1.82, 2.24) is 5.32 Å². The summed E-state index contributed by atoms with van der Waals surface area (Å²) < 4.78 is 10.9. The maximum atomic E-state index is 5.63. The molecule has 1 unspecified atom stereocenters. The molecule has 96 valence electrons. The minimum absolute atomic E-state index is 0.270. The van der Waals surface area contributed by atoms with Crippen molar-refractivity contribution in [2.24, 2.45) is 0 Å². The summed E-state index contributed by atoms with van der Waals surface area (Å²) in [5, 5.41) is 3.35. The highest BCUT2D eigenvalue weighted by Gasteiger charge is 2.00. The van der Waals surface area contributed by atoms with Crippen molar-refractivity contribution in [1.29, 1.82) is 0 Å². The van der Waals surface area contributed by atoms with Gasteiger partial charge in [0.15, 0.2) is 0 Å². The van der Waals surface area contributed by atoms with Crippen molar-refractivity contribution < 1.29 is 9.47 Å². The minimum atomic E-state index is 0.270. The van der Waals surface area contributed by atoms with Crippen LogP contribution in [0.2, 0.25) is 0 Å². The van der Waals surface area contributed by atoms with Gasteiger partial charge in [-0.05, 0) is 40.2 Å². The first-order valence-electron chi connectivity index (χ1n) is 6.21. The standard InChI is InChI=1S/C13H27NO2/c1-5-15-9-6-8-14-11-13(4)16-10-7-12(2)3/h13-14H,2,5-11H2,1,3-4H3. The molecular weight excluding hydrogens is 202 g/mol. The third-order valence-corrected chi connectivity index (χ3v) is 2.21. The fourth-order valence-corrected chi connectivity index (χ4v) is 1.24. The van der Waals surface area contributed by atoms with Crippen LogP contribution in [-0.2, 0) is 9.47 Å². The van der Waals surface area contributed by atoms with Crippen molar-refractivity contribution in [2.75, 3.05) is 32.9 Å². The molecule has 0 aromatic carbocycles. The molecule has 1 atom stereocenters. The van der Waals surface area contributed by atoms with E-state index in [9.17, 15) is 0 Å². The van der Waals surface area contributed by atoms with Gasteiger partial charge in [-0.25, -0.2) is 0 Å². The zero-order valence-corrected chi connectivity index (χ0v) is 11.1. The van der Waals surface area contributed by atoms with Crippen molar-refractivity contribution in [3.63, 3.8) is 0 Å². The highest BCUT2D eigenvalue weighted by atomic mass is 16.5. The molecule has 0 heterocycles. The topological polar surface area (TPSA) is 30.5 Å². The van der Waals surface area contributed by atoms with E-state index in [0.717, 1.165) is 45.8 Å². The molecule has 1 N–H and O–H groups in total. The first-order chi connectivity index (χ1) is 7.66. The van der Waals surface area contributed by atoms with Crippen LogP contribution in [0.15, 0.2) is 12.2 Å². The van der Waals surface area contributed by atoms with Crippen LogP contribution in [0.25, 0.3) is 0 Å². The molecule has 0 amide bonds. The van der Waals surface area contributed by atoms with E-state index in [1.54, 1.807) is 0 Å². The molecule has 0 saturated heterocycles. The average molecular weight is 229 g/mol. The normalized spacial score (nSPS) is 12.7. The Bertz CT molecular complexity index is 171. The second-order valence-corrected chi connectivity index (χ2v) is 4.14. The van der Waals surface area contributed by atoms with Gasteiger partial charge in [0.25, 0.3) is 0 Å². The molecule has 16 heavy (non-hydrogen) atoms. The van der Waals surface area contributed by atoms with Crippen LogP contribution < -0.4 is 5.32 Å². The van der Waals surface area contributed by atoms with Crippen molar-refractivity contribution in [2.45, 2.75) is 39.7 Å². The first kappa shape index (κ1) is 15.6. The lowest BCUT2D eigenvalue weighted by Gasteiger charge is -2.14. The van der Waals surface area contributed by atoms with Crippen LogP contribution >= 0.6 is 0 Å². The monoisotopic (exact) mass is 229 g/mol. The van der Waals surface area contributed by atoms with Crippen LogP contribution in [0.4, 0.5) is 0 Å². The van der Waals surface area contributed by atoms with E-state index in [0.29, 0.717) is 0 Å². The molecule has 0 aromatic heterocycles. The zero-order chi connectivity index (χ0) is 12.2. The van der Waals surface area contributed by atoms with Gasteiger partial charge in [-0.1, -0.05) is 5.57 Å². The Morgan fingerprint density at radius 2 is 2.12 bits per heavy atom. The van der Waals surface area contributed by atoms with Gasteiger partial charge in [0, 0.05) is 19.8 Å². The Morgan fingerprint density at radius 3 is 2.75 bits per heavy atom. The molecular formula is C13H27NO2. The van der Waals surface area contributed by atoms with E-state index in [1.165, 1.54) is 5.57 Å². The molecule has 0 fully saturated rings. The van der Waals surface area contributed by atoms with E-state index in [2.05, 4.69) is 18.8 Å². The van der Waals surface area contributed by atoms with Gasteiger partial charge in [0.05, 0.1) is 12.7 Å². The molecule has 0 bridgehead atoms. The molecule has 3 nitrogen and oxygen atoms in total. The van der Waals surface area contributed by atoms with E-state index >= 15 is 0 Å². The van der Waals surface area contributed by atoms with Crippen molar-refractivity contribution in [3.05, 3.63) is 12.2 Å². The second-order valence-electron chi connectivity index (χ2n) is 4.14. The van der Waals surface area contributed by atoms with Crippen LogP contribution in [-0.4, -0.2) is 39.0 Å². The Hall–Kier alpha value is -0.380. The van der Waals surface area contributed by atoms with E-state index in [4.69, 9.17) is 9.47 Å². The summed E-state index contributed by atoms with van der Waals surface area (Å²) in [6, 6.07) is 0. The number of nitrogens with one attached hydrogen (secondary N) is 1. The molecule has 0 aromatic rings. The molecule has 0 spiro atoms. The number of hydrogen-bond acceptors (Lipinski definition) is 3. The summed E-state index contributed by atoms with van der Waals surface area (Å²) in [5.74, 6) is 0. The van der Waals surface area contributed by atoms with Gasteiger partial charge in [0.2, 0.25) is 0 Å². The average Bonchev–Trinajstić information content (AvgIpc) is 2.22. The van der Waals surface area contributed by atoms with Gasteiger partial charge < -0.3 is 14.8 Å². The minimum Gasteiger partial charge on any atom is -0.382 e. The fourth-order valence-electron chi connectivity index (χ4n) is 1.24. The van der Waals surface area contributed by atoms with Gasteiger partial charge in [-0.3, -0.25) is 0 Å². The quantitative estimate of drug-likeness (QED) is 0.436. The Kier molecular flexibility index (Phi) is 10.9. The van der Waals surface area contributed by atoms with Crippen LogP contribution in [0.1, 0.15) is 33.6 Å². The van der Waals surface area contributed by atoms with E-state index in [-0.39, 0.29) is 6.10 Å². The molecule has 0 aliphatic heterocycles. The summed E-state index contributed by atoms with van der Waals surface area (Å²) in [4.78, 5) is 0. The molecule has 0 aliphatic rings. The third kappa shape index (κ3) is 11.7. The Balaban J connectivity index is 3.17. The first-order valence-corrected chi connectivity index (χ1v) is 6.21. The smallest absolute Gasteiger partial charge is 0.0671 e. The maximum Gasteiger partial charge on any atom is 0.0671 e. The summed E-state index contributed by atoms with van der Waals surface area (Å²) in [6.45, 7) is 14.3. The number of hydrogen-bond donors (Lipinski definition) is 1. The van der Waals surface area contributed by atoms with Crippen LogP contribution in [0, 0.1) is 0 Å². The molecule has 3 heteroatoms. The van der Waals surface area contributed by atoms with E-state index < -0.39 is 0 Å². The summed E-state index contributed by atoms with van der Waals surface area (Å²) in [7, 11) is 0. The molecule has 0 rings (SSSR count). The third-order valence-electron chi connectivity index (χ3n) is 2.21. The highest BCUT2D eigenvalue weighted by molar-refractivity contribution is 4.87. The summed E-state index contributed by atoms with van der Waals surface area (Å²) >= 11 is 0. The predicted molar refractivity (Wildman–Crippen MR) is 68.8 cm³/mol. The molecule has 0 aliphatic carbocycles. The molecule has 0 radical (unpaired) electrons. The van der Waals surface area contributed by atoms with Crippen LogP contribution in [0.5, 0.6) is 0 Å². The van der Waals surface area contributed by atoms with Crippen molar-refractivity contribution >= 4 is 0 Å². The Labute approximate surface area is 100 Å². The maximum absolute atomic E-state index is 5.63. The summed E-state index contributed by atoms with van der Waals surface area (Å²) in [6.07, 6.45) is 2.28. The summed E-state index contributed by atoms with van der Waals surface area (Å²) in [5.41, 5.74) is 1.18. The number of rotatable bonds is 11. The zero-order valence-electron chi connectivity index (χ0n) is 11.1.